The molecule has 22 heavy (non-hydrogen) atoms. The third-order valence-electron chi connectivity index (χ3n) is 4.30. The number of carbonyl (C=O) groups excluding carboxylic acids is 1. The molecule has 1 aromatic rings. The highest BCUT2D eigenvalue weighted by molar-refractivity contribution is 7.99. The first-order valence-electron chi connectivity index (χ1n) is 7.74. The SMILES string of the molecule is O=C(O)CC1CSCCN1C(=O)c1noc2c1CCCCC2. The molecule has 1 aromatic heterocycles. The predicted molar refractivity (Wildman–Crippen MR) is 82.2 cm³/mol. The third kappa shape index (κ3) is 3.14. The molecule has 1 unspecified atom stereocenters. The second-order valence-corrected chi connectivity index (χ2v) is 6.97. The van der Waals surface area contributed by atoms with Gasteiger partial charge in [-0.1, -0.05) is 11.6 Å². The van der Waals surface area contributed by atoms with Gasteiger partial charge in [-0.15, -0.1) is 0 Å². The molecule has 1 amide bonds. The Morgan fingerprint density at radius 1 is 1.32 bits per heavy atom. The van der Waals surface area contributed by atoms with Crippen molar-refractivity contribution in [1.82, 2.24) is 10.1 Å². The fraction of sp³-hybridized carbons (Fsp3) is 0.667. The molecule has 1 atom stereocenters. The summed E-state index contributed by atoms with van der Waals surface area (Å²) in [5, 5.41) is 13.1. The van der Waals surface area contributed by atoms with Crippen LogP contribution in [-0.4, -0.2) is 51.1 Å². The molecule has 0 bridgehead atoms. The lowest BCUT2D eigenvalue weighted by Crippen LogP contribution is -2.47. The minimum absolute atomic E-state index is 0.0151. The van der Waals surface area contributed by atoms with Crippen LogP contribution in [0.1, 0.15) is 47.5 Å². The number of carbonyl (C=O) groups is 2. The molecule has 1 aliphatic carbocycles. The predicted octanol–water partition coefficient (Wildman–Crippen LogP) is 1.98. The largest absolute Gasteiger partial charge is 0.481 e. The first-order valence-corrected chi connectivity index (χ1v) is 8.90. The number of hydrogen-bond acceptors (Lipinski definition) is 5. The first kappa shape index (κ1) is 15.4. The van der Waals surface area contributed by atoms with Crippen molar-refractivity contribution >= 4 is 23.6 Å². The summed E-state index contributed by atoms with van der Waals surface area (Å²) in [6.45, 7) is 0.572. The summed E-state index contributed by atoms with van der Waals surface area (Å²) in [4.78, 5) is 25.5. The molecule has 0 saturated carbocycles. The number of aryl methyl sites for hydroxylation is 1. The fourth-order valence-corrected chi connectivity index (χ4v) is 4.22. The molecule has 0 radical (unpaired) electrons. The summed E-state index contributed by atoms with van der Waals surface area (Å²) in [5.74, 6) is 1.30. The monoisotopic (exact) mass is 324 g/mol. The minimum atomic E-state index is -0.871. The highest BCUT2D eigenvalue weighted by Gasteiger charge is 2.33. The molecular weight excluding hydrogens is 304 g/mol. The minimum Gasteiger partial charge on any atom is -0.481 e. The molecule has 0 aromatic carbocycles. The van der Waals surface area contributed by atoms with E-state index in [9.17, 15) is 9.59 Å². The number of hydrogen-bond donors (Lipinski definition) is 1. The van der Waals surface area contributed by atoms with Gasteiger partial charge in [-0.25, -0.2) is 0 Å². The summed E-state index contributed by atoms with van der Waals surface area (Å²) < 4.78 is 5.38. The van der Waals surface area contributed by atoms with E-state index >= 15 is 0 Å². The molecule has 1 saturated heterocycles. The summed E-state index contributed by atoms with van der Waals surface area (Å²) in [5.41, 5.74) is 1.34. The summed E-state index contributed by atoms with van der Waals surface area (Å²) in [7, 11) is 0. The number of nitrogens with zero attached hydrogens (tertiary/aromatic N) is 2. The molecule has 1 N–H and O–H groups in total. The Morgan fingerprint density at radius 3 is 2.95 bits per heavy atom. The Balaban J connectivity index is 1.83. The number of carboxylic acids is 1. The quantitative estimate of drug-likeness (QED) is 0.856. The number of aliphatic carboxylic acids is 1. The second-order valence-electron chi connectivity index (χ2n) is 5.82. The second kappa shape index (κ2) is 6.73. The van der Waals surface area contributed by atoms with Crippen LogP contribution in [0.4, 0.5) is 0 Å². The molecule has 2 heterocycles. The van der Waals surface area contributed by atoms with Crippen molar-refractivity contribution in [3.63, 3.8) is 0 Å². The van der Waals surface area contributed by atoms with Crippen LogP contribution in [0.2, 0.25) is 0 Å². The van der Waals surface area contributed by atoms with Gasteiger partial charge in [0, 0.05) is 30.0 Å². The van der Waals surface area contributed by atoms with Gasteiger partial charge >= 0.3 is 5.97 Å². The number of thioether (sulfide) groups is 1. The van der Waals surface area contributed by atoms with Gasteiger partial charge < -0.3 is 14.5 Å². The maximum atomic E-state index is 12.8. The molecule has 0 spiro atoms. The van der Waals surface area contributed by atoms with Crippen LogP contribution >= 0.6 is 11.8 Å². The Kier molecular flexibility index (Phi) is 4.71. The first-order chi connectivity index (χ1) is 10.7. The maximum Gasteiger partial charge on any atom is 0.305 e. The maximum absolute atomic E-state index is 12.8. The number of fused-ring (bicyclic) bond motifs is 1. The molecule has 1 aliphatic heterocycles. The summed E-state index contributed by atoms with van der Waals surface area (Å²) in [6, 6.07) is -0.262. The third-order valence-corrected chi connectivity index (χ3v) is 5.39. The van der Waals surface area contributed by atoms with E-state index < -0.39 is 5.97 Å². The molecule has 2 aliphatic rings. The van der Waals surface area contributed by atoms with Crippen LogP contribution in [0, 0.1) is 0 Å². The van der Waals surface area contributed by atoms with E-state index in [0.29, 0.717) is 18.0 Å². The Bertz CT molecular complexity index is 572. The van der Waals surface area contributed by atoms with Crippen molar-refractivity contribution in [1.29, 1.82) is 0 Å². The lowest BCUT2D eigenvalue weighted by atomic mass is 10.1. The van der Waals surface area contributed by atoms with Gasteiger partial charge in [0.25, 0.3) is 5.91 Å². The van der Waals surface area contributed by atoms with E-state index in [2.05, 4.69) is 5.16 Å². The van der Waals surface area contributed by atoms with Gasteiger partial charge in [-0.05, 0) is 19.3 Å². The van der Waals surface area contributed by atoms with Crippen molar-refractivity contribution in [3.8, 4) is 0 Å². The fourth-order valence-electron chi connectivity index (χ4n) is 3.16. The standard InChI is InChI=1S/C15H20N2O4S/c18-13(19)8-10-9-22-7-6-17(10)15(20)14-11-4-2-1-3-5-12(11)21-16-14/h10H,1-9H2,(H,18,19). The molecule has 1 fully saturated rings. The van der Waals surface area contributed by atoms with Gasteiger partial charge in [0.15, 0.2) is 5.69 Å². The Hall–Kier alpha value is -1.50. The van der Waals surface area contributed by atoms with Crippen LogP contribution in [0.3, 0.4) is 0 Å². The molecule has 6 nitrogen and oxygen atoms in total. The molecule has 7 heteroatoms. The molecule has 3 rings (SSSR count). The molecular formula is C15H20N2O4S. The van der Waals surface area contributed by atoms with Gasteiger partial charge in [0.1, 0.15) is 5.76 Å². The highest BCUT2D eigenvalue weighted by Crippen LogP contribution is 2.27. The Labute approximate surface area is 133 Å². The zero-order chi connectivity index (χ0) is 15.5. The zero-order valence-corrected chi connectivity index (χ0v) is 13.2. The van der Waals surface area contributed by atoms with Crippen molar-refractivity contribution in [2.75, 3.05) is 18.1 Å². The molecule has 120 valence electrons. The lowest BCUT2D eigenvalue weighted by Gasteiger charge is -2.34. The van der Waals surface area contributed by atoms with Crippen molar-refractivity contribution in [2.45, 2.75) is 44.6 Å². The number of rotatable bonds is 3. The van der Waals surface area contributed by atoms with E-state index in [1.165, 1.54) is 0 Å². The van der Waals surface area contributed by atoms with Crippen LogP contribution in [0.25, 0.3) is 0 Å². The van der Waals surface area contributed by atoms with Gasteiger partial charge in [-0.2, -0.15) is 11.8 Å². The highest BCUT2D eigenvalue weighted by atomic mass is 32.2. The topological polar surface area (TPSA) is 83.6 Å². The number of amides is 1. The van der Waals surface area contributed by atoms with Crippen LogP contribution in [-0.2, 0) is 17.6 Å². The van der Waals surface area contributed by atoms with Crippen molar-refractivity contribution in [2.24, 2.45) is 0 Å². The van der Waals surface area contributed by atoms with Gasteiger partial charge in [0.2, 0.25) is 0 Å². The number of carboxylic acid groups (broad SMARTS) is 1. The van der Waals surface area contributed by atoms with Crippen molar-refractivity contribution in [3.05, 3.63) is 17.0 Å². The smallest absolute Gasteiger partial charge is 0.305 e. The summed E-state index contributed by atoms with van der Waals surface area (Å²) >= 11 is 1.69. The van der Waals surface area contributed by atoms with Crippen LogP contribution in [0.15, 0.2) is 4.52 Å². The van der Waals surface area contributed by atoms with Gasteiger partial charge in [0.05, 0.1) is 12.5 Å². The van der Waals surface area contributed by atoms with Crippen molar-refractivity contribution < 1.29 is 19.2 Å². The lowest BCUT2D eigenvalue weighted by molar-refractivity contribution is -0.138. The average molecular weight is 324 g/mol. The van der Waals surface area contributed by atoms with E-state index in [4.69, 9.17) is 9.63 Å². The summed E-state index contributed by atoms with van der Waals surface area (Å²) in [6.07, 6.45) is 4.90. The van der Waals surface area contributed by atoms with Gasteiger partial charge in [-0.3, -0.25) is 9.59 Å². The van der Waals surface area contributed by atoms with E-state index in [1.807, 2.05) is 0 Å². The average Bonchev–Trinajstić information content (AvgIpc) is 2.75. The number of aromatic nitrogens is 1. The normalized spacial score (nSPS) is 22.0. The van der Waals surface area contributed by atoms with Crippen LogP contribution < -0.4 is 0 Å². The van der Waals surface area contributed by atoms with E-state index in [-0.39, 0.29) is 18.4 Å². The van der Waals surface area contributed by atoms with E-state index in [0.717, 1.165) is 49.2 Å². The van der Waals surface area contributed by atoms with E-state index in [1.54, 1.807) is 16.7 Å². The zero-order valence-electron chi connectivity index (χ0n) is 12.4. The Morgan fingerprint density at radius 2 is 2.14 bits per heavy atom. The van der Waals surface area contributed by atoms with Crippen LogP contribution in [0.5, 0.6) is 0 Å².